The standard InChI is InChI=1S/C37H22N4S2.C33H18N4Se2.C31H18N4S2/c1-3-11-23(12-4-1)35-38-36(24-13-5-2-6-14-24)40-37(39-35)25-19-21-26(22-20-25)41-29-17-9-7-15-27(29)32-31(41)34-33(43-32)28-16-8-10-18-30(28)42-34;1-2-10-21-19(8-1)15-16-24-27(21)28(20-9-7-17-34-18-20)36-33(35-24)37-29-22-11-3-5-13-25(22)38-31(29)32-30(37)23-12-4-6-14-26(23)39-32;1-3-11-19(12-4-1)29-32-30(20-13-5-2-6-14-20)34-31(33-29)35-23-17-9-7-15-21(23)26-25(35)28-27(37-26)22-16-8-10-18-24(22)36-28/h1-22H;1-18H;1-18H. The van der Waals surface area contributed by atoms with Crippen molar-refractivity contribution in [2.45, 2.75) is 0 Å². The molecule has 0 atom stereocenters. The van der Waals surface area contributed by atoms with Crippen molar-refractivity contribution < 1.29 is 0 Å². The van der Waals surface area contributed by atoms with E-state index in [2.05, 4.69) is 231 Å². The van der Waals surface area contributed by atoms with Crippen LogP contribution in [-0.4, -0.2) is 87.6 Å². The fourth-order valence-corrected chi connectivity index (χ4v) is 27.9. The van der Waals surface area contributed by atoms with E-state index in [1.807, 2.05) is 185 Å². The molecular weight excluding hydrogens is 1670 g/mol. The number of hydrogen-bond donors (Lipinski definition) is 0. The molecule has 26 rings (SSSR count). The van der Waals surface area contributed by atoms with Crippen LogP contribution < -0.4 is 0 Å². The minimum atomic E-state index is 0.268. The van der Waals surface area contributed by atoms with Crippen molar-refractivity contribution in [2.24, 2.45) is 0 Å². The average Bonchev–Trinajstić information content (AvgIpc) is 1.55. The maximum absolute atomic E-state index is 5.39. The summed E-state index contributed by atoms with van der Waals surface area (Å²) >= 11 is 8.03. The molecule has 0 aliphatic rings. The Morgan fingerprint density at radius 3 is 1.16 bits per heavy atom. The monoisotopic (exact) mass is 1730 g/mol. The van der Waals surface area contributed by atoms with Gasteiger partial charge in [0.25, 0.3) is 0 Å². The van der Waals surface area contributed by atoms with Crippen molar-refractivity contribution in [2.75, 3.05) is 0 Å². The molecule has 0 N–H and O–H groups in total. The van der Waals surface area contributed by atoms with Crippen molar-refractivity contribution >= 4 is 216 Å². The summed E-state index contributed by atoms with van der Waals surface area (Å²) in [4.78, 5) is 44.9. The van der Waals surface area contributed by atoms with Crippen LogP contribution in [0.4, 0.5) is 0 Å². The average molecular weight is 1730 g/mol. The topological polar surface area (TPSA) is 131 Å². The van der Waals surface area contributed by atoms with Crippen LogP contribution in [0.1, 0.15) is 0 Å². The van der Waals surface area contributed by atoms with Gasteiger partial charge in [-0.2, -0.15) is 9.97 Å². The fraction of sp³-hybridized carbons (Fsp3) is 0. The first kappa shape index (κ1) is 69.7. The Balaban J connectivity index is 0.000000102. The summed E-state index contributed by atoms with van der Waals surface area (Å²) in [5.74, 6) is 4.68. The zero-order chi connectivity index (χ0) is 78.2. The van der Waals surface area contributed by atoms with Gasteiger partial charge in [-0.1, -0.05) is 194 Å². The first-order valence-electron chi connectivity index (χ1n) is 39.0. The number of thiophene rings is 4. The Morgan fingerprint density at radius 2 is 0.655 bits per heavy atom. The van der Waals surface area contributed by atoms with E-state index in [1.54, 1.807) is 0 Å². The molecule has 18 heteroatoms. The molecule has 0 bridgehead atoms. The molecule has 0 saturated heterocycles. The van der Waals surface area contributed by atoms with Crippen LogP contribution in [0.25, 0.3) is 228 Å². The van der Waals surface area contributed by atoms with E-state index < -0.39 is 0 Å². The number of nitrogens with zero attached hydrogens (tertiary/aromatic N) is 12. The number of benzene rings is 13. The minimum absolute atomic E-state index is 0.268. The molecule has 0 amide bonds. The van der Waals surface area contributed by atoms with Gasteiger partial charge in [-0.25, -0.2) is 19.9 Å². The molecule has 13 heterocycles. The summed E-state index contributed by atoms with van der Waals surface area (Å²) in [5, 5.41) is 11.2. The van der Waals surface area contributed by atoms with Crippen LogP contribution >= 0.6 is 45.3 Å². The van der Waals surface area contributed by atoms with Gasteiger partial charge in [-0.05, 0) is 48.5 Å². The van der Waals surface area contributed by atoms with E-state index in [0.29, 0.717) is 35.1 Å². The summed E-state index contributed by atoms with van der Waals surface area (Å²) < 4.78 is 23.5. The van der Waals surface area contributed by atoms with Gasteiger partial charge in [0.2, 0.25) is 5.95 Å². The SMILES string of the molecule is c1ccc(-c2nc(-c3ccccc3)nc(-c3ccc(-n4c5ccccc5c5sc6c7ccccc7sc6c54)cc3)n2)cc1.c1ccc(-c2nc(-c3ccccc3)nc(-n3c4ccccc4c4sc5c6ccccc6sc5c43)n2)cc1.c1cncc(-c2nc(-n3c4c5ccccc5[se]c4c4[se]c5ccccc5c43)nc3ccc4ccccc4c23)c1. The van der Waals surface area contributed by atoms with Crippen LogP contribution in [0.5, 0.6) is 0 Å². The molecule has 0 saturated carbocycles. The predicted molar refractivity (Wildman–Crippen MR) is 501 cm³/mol. The predicted octanol–water partition coefficient (Wildman–Crippen LogP) is 26.5. The molecule has 0 radical (unpaired) electrons. The third-order valence-corrected chi connectivity index (χ3v) is 32.8. The Hall–Kier alpha value is -13.6. The van der Waals surface area contributed by atoms with Gasteiger partial charge in [0.1, 0.15) is 0 Å². The van der Waals surface area contributed by atoms with Crippen molar-refractivity contribution in [3.05, 3.63) is 352 Å². The second-order valence-corrected chi connectivity index (χ2v) is 37.6. The quantitative estimate of drug-likeness (QED) is 0.102. The van der Waals surface area contributed by atoms with Gasteiger partial charge >= 0.3 is 236 Å². The van der Waals surface area contributed by atoms with E-state index in [0.717, 1.165) is 72.5 Å². The molecular formula is C101H58N12S4Se2. The molecule has 12 nitrogen and oxygen atoms in total. The molecule has 26 aromatic rings. The molecule has 119 heavy (non-hydrogen) atoms. The first-order valence-corrected chi connectivity index (χ1v) is 45.7. The number of rotatable bonds is 9. The maximum atomic E-state index is 5.39. The van der Waals surface area contributed by atoms with Crippen LogP contribution in [0.2, 0.25) is 0 Å². The molecule has 0 fully saturated rings. The Kier molecular flexibility index (Phi) is 16.8. The van der Waals surface area contributed by atoms with Crippen molar-refractivity contribution in [3.63, 3.8) is 0 Å². The van der Waals surface area contributed by atoms with E-state index >= 15 is 0 Å². The van der Waals surface area contributed by atoms with E-state index in [1.165, 1.54) is 120 Å². The molecule has 0 aliphatic carbocycles. The number of fused-ring (bicyclic) bond motifs is 24. The summed E-state index contributed by atoms with van der Waals surface area (Å²) in [6.45, 7) is 0. The van der Waals surface area contributed by atoms with Crippen molar-refractivity contribution in [1.82, 2.24) is 58.6 Å². The summed E-state index contributed by atoms with van der Waals surface area (Å²) in [6.07, 6.45) is 3.73. The molecule has 0 aliphatic heterocycles. The second-order valence-electron chi connectivity index (χ2n) is 29.1. The number of para-hydroxylation sites is 2. The van der Waals surface area contributed by atoms with E-state index in [4.69, 9.17) is 39.9 Å². The Morgan fingerprint density at radius 1 is 0.252 bits per heavy atom. The number of aromatic nitrogens is 12. The van der Waals surface area contributed by atoms with Gasteiger partial charge in [-0.15, -0.1) is 45.3 Å². The Labute approximate surface area is 706 Å². The molecule has 13 aromatic carbocycles. The van der Waals surface area contributed by atoms with Gasteiger partial charge in [-0.3, -0.25) is 4.57 Å². The van der Waals surface area contributed by atoms with Gasteiger partial charge in [0, 0.05) is 64.4 Å². The van der Waals surface area contributed by atoms with Gasteiger partial charge in [0.05, 0.1) is 50.3 Å². The van der Waals surface area contributed by atoms with Crippen LogP contribution in [0.3, 0.4) is 0 Å². The first-order chi connectivity index (χ1) is 59.0. The summed E-state index contributed by atoms with van der Waals surface area (Å²) in [6, 6.07) is 118. The van der Waals surface area contributed by atoms with Crippen LogP contribution in [-0.2, 0) is 0 Å². The third-order valence-electron chi connectivity index (χ3n) is 22.1. The zero-order valence-electron chi connectivity index (χ0n) is 62.8. The van der Waals surface area contributed by atoms with Crippen molar-refractivity contribution in [1.29, 1.82) is 0 Å². The molecule has 13 aromatic heterocycles. The number of pyridine rings is 1. The van der Waals surface area contributed by atoms with Crippen LogP contribution in [0.15, 0.2) is 352 Å². The van der Waals surface area contributed by atoms with Crippen molar-refractivity contribution in [3.8, 4) is 85.8 Å². The summed E-state index contributed by atoms with van der Waals surface area (Å²) in [5.41, 5.74) is 16.1. The fourth-order valence-electron chi connectivity index (χ4n) is 16.7. The second kappa shape index (κ2) is 28.6. The Bertz CT molecular complexity index is 8300. The molecule has 0 unspecified atom stereocenters. The summed E-state index contributed by atoms with van der Waals surface area (Å²) in [7, 11) is 0. The van der Waals surface area contributed by atoms with Gasteiger partial charge in [0.15, 0.2) is 29.1 Å². The normalized spacial score (nSPS) is 11.9. The van der Waals surface area contributed by atoms with E-state index in [-0.39, 0.29) is 29.0 Å². The van der Waals surface area contributed by atoms with E-state index in [9.17, 15) is 0 Å². The van der Waals surface area contributed by atoms with Crippen LogP contribution in [0, 0.1) is 0 Å². The molecule has 558 valence electrons. The number of hydrogen-bond acceptors (Lipinski definition) is 13. The molecule has 0 spiro atoms. The zero-order valence-corrected chi connectivity index (χ0v) is 69.5. The van der Waals surface area contributed by atoms with Gasteiger partial charge < -0.3 is 4.57 Å². The third kappa shape index (κ3) is 11.7.